The van der Waals surface area contributed by atoms with Crippen LogP contribution in [0.4, 0.5) is 0 Å². The molecule has 2 aromatic rings. The first-order valence-corrected chi connectivity index (χ1v) is 8.22. The molecule has 0 fully saturated rings. The molecule has 2 aromatic carbocycles. The van der Waals surface area contributed by atoms with E-state index >= 15 is 0 Å². The monoisotopic (exact) mass is 287 g/mol. The average Bonchev–Trinajstić information content (AvgIpc) is 2.47. The fourth-order valence-corrected chi connectivity index (χ4v) is 3.52. The molecule has 2 rings (SSSR count). The second-order valence-corrected chi connectivity index (χ2v) is 6.44. The van der Waals surface area contributed by atoms with E-state index in [9.17, 15) is 4.21 Å². The van der Waals surface area contributed by atoms with Crippen molar-refractivity contribution in [1.29, 1.82) is 0 Å². The van der Waals surface area contributed by atoms with E-state index in [1.54, 1.807) is 0 Å². The fourth-order valence-electron chi connectivity index (χ4n) is 2.16. The van der Waals surface area contributed by atoms with Crippen molar-refractivity contribution in [3.8, 4) is 0 Å². The zero-order chi connectivity index (χ0) is 14.5. The predicted octanol–water partition coefficient (Wildman–Crippen LogP) is 3.37. The second kappa shape index (κ2) is 6.82. The minimum Gasteiger partial charge on any atom is -0.323 e. The van der Waals surface area contributed by atoms with E-state index in [0.717, 1.165) is 22.4 Å². The quantitative estimate of drug-likeness (QED) is 0.916. The number of rotatable bonds is 5. The summed E-state index contributed by atoms with van der Waals surface area (Å²) in [5.74, 6) is 0.455. The van der Waals surface area contributed by atoms with Crippen LogP contribution in [0, 0.1) is 6.92 Å². The van der Waals surface area contributed by atoms with Crippen LogP contribution in [0.5, 0.6) is 0 Å². The molecule has 0 aromatic heterocycles. The van der Waals surface area contributed by atoms with Crippen LogP contribution >= 0.6 is 0 Å². The van der Waals surface area contributed by atoms with E-state index in [1.165, 1.54) is 5.56 Å². The van der Waals surface area contributed by atoms with Crippen LogP contribution in [0.1, 0.15) is 29.7 Å². The standard InChI is InChI=1S/C17H21NOS/c1-3-14-8-10-15(11-9-14)16(18)12-20(19)17-7-5-4-6-13(17)2/h4-11,16H,3,12,18H2,1-2H3. The summed E-state index contributed by atoms with van der Waals surface area (Å²) in [6, 6.07) is 15.8. The number of benzene rings is 2. The zero-order valence-electron chi connectivity index (χ0n) is 12.0. The lowest BCUT2D eigenvalue weighted by Gasteiger charge is -2.13. The molecule has 0 radical (unpaired) electrons. The van der Waals surface area contributed by atoms with E-state index in [0.29, 0.717) is 5.75 Å². The van der Waals surface area contributed by atoms with Gasteiger partial charge in [0.25, 0.3) is 0 Å². The average molecular weight is 287 g/mol. The van der Waals surface area contributed by atoms with Crippen LogP contribution in [0.15, 0.2) is 53.4 Å². The van der Waals surface area contributed by atoms with Crippen molar-refractivity contribution in [3.05, 3.63) is 65.2 Å². The molecule has 2 unspecified atom stereocenters. The van der Waals surface area contributed by atoms with Gasteiger partial charge in [0.05, 0.1) is 10.8 Å². The molecule has 0 aliphatic rings. The maximum atomic E-state index is 12.4. The Balaban J connectivity index is 2.09. The van der Waals surface area contributed by atoms with Gasteiger partial charge in [-0.2, -0.15) is 0 Å². The molecule has 2 atom stereocenters. The Kier molecular flexibility index (Phi) is 5.10. The van der Waals surface area contributed by atoms with Crippen LogP contribution in [-0.2, 0) is 17.2 Å². The maximum Gasteiger partial charge on any atom is 0.0551 e. The van der Waals surface area contributed by atoms with Crippen LogP contribution in [-0.4, -0.2) is 9.96 Å². The molecule has 0 amide bonds. The van der Waals surface area contributed by atoms with Crippen molar-refractivity contribution in [2.45, 2.75) is 31.2 Å². The largest absolute Gasteiger partial charge is 0.323 e. The molecule has 2 N–H and O–H groups in total. The predicted molar refractivity (Wildman–Crippen MR) is 85.2 cm³/mol. The number of aryl methyl sites for hydroxylation is 2. The third-order valence-corrected chi connectivity index (χ3v) is 5.10. The molecular weight excluding hydrogens is 266 g/mol. The van der Waals surface area contributed by atoms with Crippen LogP contribution in [0.2, 0.25) is 0 Å². The number of hydrogen-bond acceptors (Lipinski definition) is 2. The summed E-state index contributed by atoms with van der Waals surface area (Å²) in [6.07, 6.45) is 1.02. The van der Waals surface area contributed by atoms with Crippen LogP contribution in [0.25, 0.3) is 0 Å². The molecule has 0 aliphatic heterocycles. The van der Waals surface area contributed by atoms with Gasteiger partial charge in [-0.25, -0.2) is 0 Å². The van der Waals surface area contributed by atoms with Crippen molar-refractivity contribution in [3.63, 3.8) is 0 Å². The molecule has 106 valence electrons. The van der Waals surface area contributed by atoms with Gasteiger partial charge in [-0.05, 0) is 36.1 Å². The zero-order valence-corrected chi connectivity index (χ0v) is 12.8. The fraction of sp³-hybridized carbons (Fsp3) is 0.294. The van der Waals surface area contributed by atoms with E-state index in [-0.39, 0.29) is 6.04 Å². The molecule has 0 bridgehead atoms. The summed E-state index contributed by atoms with van der Waals surface area (Å²) in [6.45, 7) is 4.11. The normalized spacial score (nSPS) is 13.9. The van der Waals surface area contributed by atoms with Gasteiger partial charge >= 0.3 is 0 Å². The van der Waals surface area contributed by atoms with Gasteiger partial charge in [-0.1, -0.05) is 49.4 Å². The van der Waals surface area contributed by atoms with E-state index < -0.39 is 10.8 Å². The highest BCUT2D eigenvalue weighted by atomic mass is 32.2. The molecule has 0 heterocycles. The summed E-state index contributed by atoms with van der Waals surface area (Å²) in [5.41, 5.74) is 9.57. The van der Waals surface area contributed by atoms with E-state index in [4.69, 9.17) is 5.73 Å². The minimum absolute atomic E-state index is 0.193. The Hall–Kier alpha value is -1.45. The maximum absolute atomic E-state index is 12.4. The Morgan fingerprint density at radius 3 is 2.35 bits per heavy atom. The van der Waals surface area contributed by atoms with E-state index in [2.05, 4.69) is 19.1 Å². The molecule has 0 saturated heterocycles. The SMILES string of the molecule is CCc1ccc(C(N)CS(=O)c2ccccc2C)cc1. The van der Waals surface area contributed by atoms with Gasteiger partial charge < -0.3 is 5.73 Å². The van der Waals surface area contributed by atoms with Crippen molar-refractivity contribution < 1.29 is 4.21 Å². The Bertz CT molecular complexity index is 592. The van der Waals surface area contributed by atoms with Crippen molar-refractivity contribution in [1.82, 2.24) is 0 Å². The van der Waals surface area contributed by atoms with Gasteiger partial charge in [-0.15, -0.1) is 0 Å². The highest BCUT2D eigenvalue weighted by Crippen LogP contribution is 2.18. The number of hydrogen-bond donors (Lipinski definition) is 1. The first kappa shape index (κ1) is 14.9. The topological polar surface area (TPSA) is 43.1 Å². The summed E-state index contributed by atoms with van der Waals surface area (Å²) in [5, 5.41) is 0. The summed E-state index contributed by atoms with van der Waals surface area (Å²) in [7, 11) is -1.06. The summed E-state index contributed by atoms with van der Waals surface area (Å²) < 4.78 is 12.4. The lowest BCUT2D eigenvalue weighted by molar-refractivity contribution is 0.674. The second-order valence-electron chi connectivity index (χ2n) is 4.98. The van der Waals surface area contributed by atoms with Crippen LogP contribution < -0.4 is 5.73 Å². The third kappa shape index (κ3) is 3.56. The van der Waals surface area contributed by atoms with Crippen molar-refractivity contribution in [2.75, 3.05) is 5.75 Å². The Morgan fingerprint density at radius 1 is 1.10 bits per heavy atom. The summed E-state index contributed by atoms with van der Waals surface area (Å²) in [4.78, 5) is 0.883. The highest BCUT2D eigenvalue weighted by Gasteiger charge is 2.13. The highest BCUT2D eigenvalue weighted by molar-refractivity contribution is 7.85. The molecule has 0 saturated carbocycles. The van der Waals surface area contributed by atoms with Crippen molar-refractivity contribution >= 4 is 10.8 Å². The van der Waals surface area contributed by atoms with Gasteiger partial charge in [0.1, 0.15) is 0 Å². The third-order valence-electron chi connectivity index (χ3n) is 3.49. The van der Waals surface area contributed by atoms with Gasteiger partial charge in [-0.3, -0.25) is 4.21 Å². The molecule has 3 heteroatoms. The first-order valence-electron chi connectivity index (χ1n) is 6.90. The molecule has 0 spiro atoms. The van der Waals surface area contributed by atoms with Gasteiger partial charge in [0, 0.05) is 16.7 Å². The minimum atomic E-state index is -1.06. The first-order chi connectivity index (χ1) is 9.61. The molecular formula is C17H21NOS. The van der Waals surface area contributed by atoms with Crippen molar-refractivity contribution in [2.24, 2.45) is 5.73 Å². The lowest BCUT2D eigenvalue weighted by Crippen LogP contribution is -2.18. The van der Waals surface area contributed by atoms with Gasteiger partial charge in [0.15, 0.2) is 0 Å². The summed E-state index contributed by atoms with van der Waals surface area (Å²) >= 11 is 0. The number of nitrogens with two attached hydrogens (primary N) is 1. The van der Waals surface area contributed by atoms with Crippen LogP contribution in [0.3, 0.4) is 0 Å². The van der Waals surface area contributed by atoms with Gasteiger partial charge in [0.2, 0.25) is 0 Å². The molecule has 2 nitrogen and oxygen atoms in total. The lowest BCUT2D eigenvalue weighted by atomic mass is 10.1. The molecule has 0 aliphatic carbocycles. The Morgan fingerprint density at radius 2 is 1.75 bits per heavy atom. The Labute approximate surface area is 123 Å². The smallest absolute Gasteiger partial charge is 0.0551 e. The van der Waals surface area contributed by atoms with E-state index in [1.807, 2.05) is 43.3 Å². The molecule has 20 heavy (non-hydrogen) atoms.